The lowest BCUT2D eigenvalue weighted by atomic mass is 10.1. The first-order valence-corrected chi connectivity index (χ1v) is 6.69. The van der Waals surface area contributed by atoms with Gasteiger partial charge in [-0.3, -0.25) is 4.79 Å². The van der Waals surface area contributed by atoms with Crippen LogP contribution in [0.2, 0.25) is 0 Å². The molecule has 0 spiro atoms. The Balaban J connectivity index is 2.18. The summed E-state index contributed by atoms with van der Waals surface area (Å²) in [6, 6.07) is 0.277. The maximum Gasteiger partial charge on any atom is 0.409 e. The summed E-state index contributed by atoms with van der Waals surface area (Å²) in [7, 11) is 1.42. The van der Waals surface area contributed by atoms with E-state index in [0.29, 0.717) is 13.0 Å². The molecule has 1 fully saturated rings. The first kappa shape index (κ1) is 14.8. The van der Waals surface area contributed by atoms with Crippen molar-refractivity contribution >= 4 is 12.1 Å². The zero-order valence-electron chi connectivity index (χ0n) is 11.3. The van der Waals surface area contributed by atoms with E-state index in [4.69, 9.17) is 9.47 Å². The average molecular weight is 257 g/mol. The molecular weight excluding hydrogens is 234 g/mol. The summed E-state index contributed by atoms with van der Waals surface area (Å²) in [5, 5.41) is 0. The van der Waals surface area contributed by atoms with Crippen LogP contribution in [-0.4, -0.2) is 43.3 Å². The number of amides is 1. The van der Waals surface area contributed by atoms with Gasteiger partial charge < -0.3 is 14.4 Å². The van der Waals surface area contributed by atoms with Gasteiger partial charge in [-0.15, -0.1) is 0 Å². The molecular formula is C13H23NO4. The number of carbonyl (C=O) groups is 2. The van der Waals surface area contributed by atoms with Crippen molar-refractivity contribution in [1.29, 1.82) is 0 Å². The number of methoxy groups -OCH3 is 1. The van der Waals surface area contributed by atoms with Gasteiger partial charge in [0.05, 0.1) is 13.7 Å². The first-order chi connectivity index (χ1) is 8.69. The van der Waals surface area contributed by atoms with Gasteiger partial charge in [-0.25, -0.2) is 4.79 Å². The number of ether oxygens (including phenoxy) is 2. The molecule has 1 aliphatic heterocycles. The van der Waals surface area contributed by atoms with Gasteiger partial charge >= 0.3 is 12.1 Å². The number of carbonyl (C=O) groups excluding carboxylic acids is 2. The molecule has 0 saturated carbocycles. The second-order valence-corrected chi connectivity index (χ2v) is 4.51. The molecule has 1 atom stereocenters. The molecule has 1 unspecified atom stereocenters. The minimum absolute atomic E-state index is 0.131. The van der Waals surface area contributed by atoms with E-state index in [-0.39, 0.29) is 18.1 Å². The van der Waals surface area contributed by atoms with Gasteiger partial charge in [-0.1, -0.05) is 6.42 Å². The Morgan fingerprint density at radius 1 is 1.33 bits per heavy atom. The molecule has 0 aromatic rings. The minimum atomic E-state index is -0.233. The van der Waals surface area contributed by atoms with Crippen LogP contribution >= 0.6 is 0 Å². The van der Waals surface area contributed by atoms with Crippen LogP contribution in [0.4, 0.5) is 4.79 Å². The number of unbranched alkanes of at least 4 members (excludes halogenated alkanes) is 1. The smallest absolute Gasteiger partial charge is 0.409 e. The topological polar surface area (TPSA) is 55.8 Å². The maximum atomic E-state index is 11.5. The lowest BCUT2D eigenvalue weighted by Crippen LogP contribution is -2.35. The third-order valence-electron chi connectivity index (χ3n) is 3.26. The number of hydrogen-bond donors (Lipinski definition) is 0. The highest BCUT2D eigenvalue weighted by molar-refractivity contribution is 5.69. The van der Waals surface area contributed by atoms with E-state index in [2.05, 4.69) is 0 Å². The quantitative estimate of drug-likeness (QED) is 0.541. The monoisotopic (exact) mass is 257 g/mol. The fourth-order valence-corrected chi connectivity index (χ4v) is 2.38. The predicted octanol–water partition coefficient (Wildman–Crippen LogP) is 2.34. The third kappa shape index (κ3) is 4.55. The highest BCUT2D eigenvalue weighted by Gasteiger charge is 2.28. The van der Waals surface area contributed by atoms with E-state index in [9.17, 15) is 9.59 Å². The van der Waals surface area contributed by atoms with Gasteiger partial charge in [0.25, 0.3) is 0 Å². The van der Waals surface area contributed by atoms with Crippen LogP contribution in [0.3, 0.4) is 0 Å². The molecule has 1 heterocycles. The van der Waals surface area contributed by atoms with Crippen LogP contribution in [-0.2, 0) is 14.3 Å². The van der Waals surface area contributed by atoms with Crippen molar-refractivity contribution < 1.29 is 19.1 Å². The van der Waals surface area contributed by atoms with Crippen molar-refractivity contribution in [3.8, 4) is 0 Å². The molecule has 0 bridgehead atoms. The molecule has 1 rings (SSSR count). The second-order valence-electron chi connectivity index (χ2n) is 4.51. The molecule has 1 aliphatic rings. The molecule has 0 aliphatic carbocycles. The first-order valence-electron chi connectivity index (χ1n) is 6.69. The molecule has 0 radical (unpaired) electrons. The molecule has 0 aromatic carbocycles. The van der Waals surface area contributed by atoms with Crippen LogP contribution in [0.5, 0.6) is 0 Å². The average Bonchev–Trinajstić information content (AvgIpc) is 2.82. The highest BCUT2D eigenvalue weighted by atomic mass is 16.5. The minimum Gasteiger partial charge on any atom is -0.466 e. The van der Waals surface area contributed by atoms with E-state index < -0.39 is 0 Å². The number of nitrogens with zero attached hydrogens (tertiary/aromatic N) is 1. The summed E-state index contributed by atoms with van der Waals surface area (Å²) in [6.45, 7) is 3.04. The third-order valence-corrected chi connectivity index (χ3v) is 3.26. The van der Waals surface area contributed by atoms with E-state index in [1.54, 1.807) is 4.90 Å². The van der Waals surface area contributed by atoms with Crippen molar-refractivity contribution in [2.75, 3.05) is 20.3 Å². The molecule has 104 valence electrons. The SMILES string of the molecule is CCOC(=O)CCCCC1CCCN1C(=O)OC. The van der Waals surface area contributed by atoms with Gasteiger partial charge in [-0.2, -0.15) is 0 Å². The number of hydrogen-bond acceptors (Lipinski definition) is 4. The summed E-state index contributed by atoms with van der Waals surface area (Å²) in [6.07, 6.45) is 5.02. The Labute approximate surface area is 108 Å². The highest BCUT2D eigenvalue weighted by Crippen LogP contribution is 2.22. The Morgan fingerprint density at radius 2 is 2.11 bits per heavy atom. The van der Waals surface area contributed by atoms with E-state index in [1.165, 1.54) is 7.11 Å². The fourth-order valence-electron chi connectivity index (χ4n) is 2.38. The number of rotatable bonds is 6. The molecule has 0 N–H and O–H groups in total. The number of esters is 1. The number of likely N-dealkylation sites (tertiary alicyclic amines) is 1. The van der Waals surface area contributed by atoms with Crippen molar-refractivity contribution in [1.82, 2.24) is 4.90 Å². The Kier molecular flexibility index (Phi) is 6.54. The van der Waals surface area contributed by atoms with Crippen LogP contribution in [0.15, 0.2) is 0 Å². The Morgan fingerprint density at radius 3 is 2.78 bits per heavy atom. The summed E-state index contributed by atoms with van der Waals surface area (Å²) in [5.74, 6) is -0.131. The Bertz CT molecular complexity index is 280. The van der Waals surface area contributed by atoms with E-state index >= 15 is 0 Å². The molecule has 18 heavy (non-hydrogen) atoms. The summed E-state index contributed by atoms with van der Waals surface area (Å²) in [5.41, 5.74) is 0. The van der Waals surface area contributed by atoms with Crippen molar-refractivity contribution in [3.05, 3.63) is 0 Å². The van der Waals surface area contributed by atoms with Gasteiger partial charge in [-0.05, 0) is 32.6 Å². The molecule has 1 amide bonds. The summed E-state index contributed by atoms with van der Waals surface area (Å²) >= 11 is 0. The largest absolute Gasteiger partial charge is 0.466 e. The predicted molar refractivity (Wildman–Crippen MR) is 67.2 cm³/mol. The fraction of sp³-hybridized carbons (Fsp3) is 0.846. The van der Waals surface area contributed by atoms with Gasteiger partial charge in [0, 0.05) is 19.0 Å². The van der Waals surface area contributed by atoms with Crippen molar-refractivity contribution in [2.24, 2.45) is 0 Å². The van der Waals surface area contributed by atoms with Crippen molar-refractivity contribution in [2.45, 2.75) is 51.5 Å². The zero-order chi connectivity index (χ0) is 13.4. The molecule has 5 nitrogen and oxygen atoms in total. The molecule has 1 saturated heterocycles. The standard InChI is InChI=1S/C13H23NO4/c1-3-18-12(15)9-5-4-7-11-8-6-10-14(11)13(16)17-2/h11H,3-10H2,1-2H3. The van der Waals surface area contributed by atoms with Crippen molar-refractivity contribution in [3.63, 3.8) is 0 Å². The van der Waals surface area contributed by atoms with Crippen LogP contribution < -0.4 is 0 Å². The summed E-state index contributed by atoms with van der Waals surface area (Å²) < 4.78 is 9.62. The van der Waals surface area contributed by atoms with Gasteiger partial charge in [0.2, 0.25) is 0 Å². The molecule has 5 heteroatoms. The maximum absolute atomic E-state index is 11.5. The Hall–Kier alpha value is -1.26. The lowest BCUT2D eigenvalue weighted by Gasteiger charge is -2.23. The van der Waals surface area contributed by atoms with Gasteiger partial charge in [0.1, 0.15) is 0 Å². The lowest BCUT2D eigenvalue weighted by molar-refractivity contribution is -0.143. The second kappa shape index (κ2) is 7.95. The van der Waals surface area contributed by atoms with E-state index in [0.717, 1.165) is 38.6 Å². The van der Waals surface area contributed by atoms with Crippen LogP contribution in [0.1, 0.15) is 45.4 Å². The van der Waals surface area contributed by atoms with Crippen LogP contribution in [0, 0.1) is 0 Å². The van der Waals surface area contributed by atoms with E-state index in [1.807, 2.05) is 6.92 Å². The van der Waals surface area contributed by atoms with Crippen LogP contribution in [0.25, 0.3) is 0 Å². The molecule has 0 aromatic heterocycles. The zero-order valence-corrected chi connectivity index (χ0v) is 11.3. The van der Waals surface area contributed by atoms with Gasteiger partial charge in [0.15, 0.2) is 0 Å². The normalized spacial score (nSPS) is 18.8. The summed E-state index contributed by atoms with van der Waals surface area (Å²) in [4.78, 5) is 24.4.